The molecule has 0 aliphatic heterocycles. The zero-order valence-corrected chi connectivity index (χ0v) is 18.8. The monoisotopic (exact) mass is 495 g/mol. The van der Waals surface area contributed by atoms with Crippen LogP contribution < -0.4 is 10.6 Å². The van der Waals surface area contributed by atoms with E-state index in [0.29, 0.717) is 28.2 Å². The fourth-order valence-electron chi connectivity index (χ4n) is 2.52. The number of halogens is 1. The van der Waals surface area contributed by atoms with Gasteiger partial charge in [-0.25, -0.2) is 0 Å². The Morgan fingerprint density at radius 2 is 2.07 bits per heavy atom. The SMILES string of the molecule is CCn1c(SCC(=O)Nc2nncs2)nnc1[C@@H](C)NC(=O)c1ccccc1Br. The first-order valence-electron chi connectivity index (χ1n) is 8.67. The average molecular weight is 496 g/mol. The van der Waals surface area contributed by atoms with E-state index < -0.39 is 0 Å². The quantitative estimate of drug-likeness (QED) is 0.461. The van der Waals surface area contributed by atoms with Gasteiger partial charge in [0.2, 0.25) is 11.0 Å². The highest BCUT2D eigenvalue weighted by atomic mass is 79.9. The van der Waals surface area contributed by atoms with Crippen LogP contribution in [0.5, 0.6) is 0 Å². The lowest BCUT2D eigenvalue weighted by Crippen LogP contribution is -2.29. The van der Waals surface area contributed by atoms with Crippen LogP contribution in [0.4, 0.5) is 5.13 Å². The Kier molecular flexibility index (Phi) is 7.34. The van der Waals surface area contributed by atoms with Crippen LogP contribution in [0, 0.1) is 0 Å². The summed E-state index contributed by atoms with van der Waals surface area (Å²) < 4.78 is 2.60. The fourth-order valence-corrected chi connectivity index (χ4v) is 4.26. The third-order valence-corrected chi connectivity index (χ3v) is 6.12. The zero-order chi connectivity index (χ0) is 20.8. The van der Waals surface area contributed by atoms with Crippen molar-refractivity contribution >= 4 is 56.0 Å². The second-order valence-corrected chi connectivity index (χ2v) is 8.47. The third-order valence-electron chi connectivity index (χ3n) is 3.85. The highest BCUT2D eigenvalue weighted by Gasteiger charge is 2.21. The van der Waals surface area contributed by atoms with Crippen molar-refractivity contribution in [2.75, 3.05) is 11.1 Å². The van der Waals surface area contributed by atoms with Crippen LogP contribution in [0.25, 0.3) is 0 Å². The highest BCUT2D eigenvalue weighted by molar-refractivity contribution is 9.10. The molecule has 2 amide bonds. The molecule has 0 unspecified atom stereocenters. The van der Waals surface area contributed by atoms with Crippen LogP contribution in [-0.2, 0) is 11.3 Å². The number of amides is 2. The topological polar surface area (TPSA) is 115 Å². The molecular weight excluding hydrogens is 478 g/mol. The summed E-state index contributed by atoms with van der Waals surface area (Å²) in [6.07, 6.45) is 0. The molecule has 0 spiro atoms. The van der Waals surface area contributed by atoms with Gasteiger partial charge in [-0.2, -0.15) is 0 Å². The Hall–Kier alpha value is -2.31. The number of anilines is 1. The molecule has 9 nitrogen and oxygen atoms in total. The van der Waals surface area contributed by atoms with Gasteiger partial charge in [-0.3, -0.25) is 14.9 Å². The van der Waals surface area contributed by atoms with Gasteiger partial charge in [0.05, 0.1) is 17.4 Å². The van der Waals surface area contributed by atoms with Crippen molar-refractivity contribution in [3.05, 3.63) is 45.6 Å². The Bertz CT molecular complexity index is 994. The second kappa shape index (κ2) is 9.94. The van der Waals surface area contributed by atoms with Crippen molar-refractivity contribution in [1.82, 2.24) is 30.3 Å². The molecule has 2 heterocycles. The average Bonchev–Trinajstić information content (AvgIpc) is 3.35. The molecule has 0 radical (unpaired) electrons. The number of carbonyl (C=O) groups is 2. The van der Waals surface area contributed by atoms with Crippen LogP contribution >= 0.6 is 39.0 Å². The van der Waals surface area contributed by atoms with E-state index in [1.54, 1.807) is 17.6 Å². The first kappa shape index (κ1) is 21.4. The van der Waals surface area contributed by atoms with Crippen LogP contribution in [0.15, 0.2) is 39.4 Å². The van der Waals surface area contributed by atoms with Crippen molar-refractivity contribution in [1.29, 1.82) is 0 Å². The van der Waals surface area contributed by atoms with E-state index in [1.165, 1.54) is 23.1 Å². The lowest BCUT2D eigenvalue weighted by molar-refractivity contribution is -0.113. The highest BCUT2D eigenvalue weighted by Crippen LogP contribution is 2.22. The number of hydrogen-bond donors (Lipinski definition) is 2. The van der Waals surface area contributed by atoms with Gasteiger partial charge >= 0.3 is 0 Å². The summed E-state index contributed by atoms with van der Waals surface area (Å²) in [5.74, 6) is 0.380. The molecule has 29 heavy (non-hydrogen) atoms. The van der Waals surface area contributed by atoms with Gasteiger partial charge in [0, 0.05) is 11.0 Å². The van der Waals surface area contributed by atoms with Crippen LogP contribution in [0.2, 0.25) is 0 Å². The van der Waals surface area contributed by atoms with E-state index in [4.69, 9.17) is 0 Å². The molecule has 152 valence electrons. The summed E-state index contributed by atoms with van der Waals surface area (Å²) in [4.78, 5) is 24.6. The summed E-state index contributed by atoms with van der Waals surface area (Å²) in [6, 6.07) is 6.86. The third kappa shape index (κ3) is 5.40. The van der Waals surface area contributed by atoms with Crippen molar-refractivity contribution in [3.63, 3.8) is 0 Å². The lowest BCUT2D eigenvalue weighted by Gasteiger charge is -2.15. The zero-order valence-electron chi connectivity index (χ0n) is 15.6. The van der Waals surface area contributed by atoms with Crippen molar-refractivity contribution in [2.24, 2.45) is 0 Å². The maximum Gasteiger partial charge on any atom is 0.253 e. The van der Waals surface area contributed by atoms with Gasteiger partial charge in [-0.15, -0.1) is 20.4 Å². The summed E-state index contributed by atoms with van der Waals surface area (Å²) in [5, 5.41) is 22.5. The van der Waals surface area contributed by atoms with Crippen molar-refractivity contribution < 1.29 is 9.59 Å². The molecule has 1 aromatic carbocycles. The number of thioether (sulfide) groups is 1. The lowest BCUT2D eigenvalue weighted by atomic mass is 10.2. The number of nitrogens with one attached hydrogen (secondary N) is 2. The van der Waals surface area contributed by atoms with Crippen LogP contribution in [0.3, 0.4) is 0 Å². The Labute approximate surface area is 183 Å². The minimum absolute atomic E-state index is 0.162. The molecule has 0 fully saturated rings. The van der Waals surface area contributed by atoms with Crippen LogP contribution in [-0.4, -0.2) is 42.5 Å². The van der Waals surface area contributed by atoms with Gasteiger partial charge in [-0.05, 0) is 41.9 Å². The minimum Gasteiger partial charge on any atom is -0.342 e. The predicted molar refractivity (Wildman–Crippen MR) is 115 cm³/mol. The summed E-state index contributed by atoms with van der Waals surface area (Å²) >= 11 is 5.91. The predicted octanol–water partition coefficient (Wildman–Crippen LogP) is 3.13. The molecule has 0 bridgehead atoms. The van der Waals surface area contributed by atoms with Gasteiger partial charge in [0.1, 0.15) is 5.51 Å². The van der Waals surface area contributed by atoms with Gasteiger partial charge in [0.25, 0.3) is 5.91 Å². The summed E-state index contributed by atoms with van der Waals surface area (Å²) in [6.45, 7) is 4.42. The normalized spacial score (nSPS) is 11.8. The van der Waals surface area contributed by atoms with Crippen molar-refractivity contribution in [3.8, 4) is 0 Å². The maximum absolute atomic E-state index is 12.6. The Morgan fingerprint density at radius 3 is 2.76 bits per heavy atom. The van der Waals surface area contributed by atoms with E-state index in [9.17, 15) is 9.59 Å². The van der Waals surface area contributed by atoms with Gasteiger partial charge < -0.3 is 9.88 Å². The standard InChI is InChI=1S/C17H18BrN7O2S2/c1-3-25-14(10(2)20-15(27)11-6-4-5-7-12(11)18)22-24-17(25)28-8-13(26)21-16-23-19-9-29-16/h4-7,9-10H,3,8H2,1-2H3,(H,20,27)(H,21,23,26)/t10-/m1/s1. The number of aromatic nitrogens is 5. The maximum atomic E-state index is 12.6. The van der Waals surface area contributed by atoms with E-state index >= 15 is 0 Å². The van der Waals surface area contributed by atoms with Gasteiger partial charge in [0.15, 0.2) is 11.0 Å². The molecule has 0 saturated heterocycles. The molecule has 2 aromatic heterocycles. The van der Waals surface area contributed by atoms with Crippen LogP contribution in [0.1, 0.15) is 36.1 Å². The van der Waals surface area contributed by atoms with Crippen molar-refractivity contribution in [2.45, 2.75) is 31.6 Å². The molecule has 2 N–H and O–H groups in total. The summed E-state index contributed by atoms with van der Waals surface area (Å²) in [5.41, 5.74) is 2.09. The first-order valence-corrected chi connectivity index (χ1v) is 11.3. The smallest absolute Gasteiger partial charge is 0.253 e. The molecule has 0 aliphatic carbocycles. The second-order valence-electron chi connectivity index (χ2n) is 5.84. The van der Waals surface area contributed by atoms with E-state index in [-0.39, 0.29) is 23.6 Å². The number of nitrogens with zero attached hydrogens (tertiary/aromatic N) is 5. The van der Waals surface area contributed by atoms with E-state index in [0.717, 1.165) is 4.47 Å². The number of carbonyl (C=O) groups excluding carboxylic acids is 2. The molecule has 12 heteroatoms. The van der Waals surface area contributed by atoms with Gasteiger partial charge in [-0.1, -0.05) is 35.2 Å². The molecule has 3 aromatic rings. The Morgan fingerprint density at radius 1 is 1.28 bits per heavy atom. The largest absolute Gasteiger partial charge is 0.342 e. The number of rotatable bonds is 8. The minimum atomic E-state index is -0.355. The van der Waals surface area contributed by atoms with E-state index in [2.05, 4.69) is 47.0 Å². The van der Waals surface area contributed by atoms with E-state index in [1.807, 2.05) is 30.5 Å². The number of benzene rings is 1. The molecule has 0 aliphatic rings. The fraction of sp³-hybridized carbons (Fsp3) is 0.294. The summed E-state index contributed by atoms with van der Waals surface area (Å²) in [7, 11) is 0. The molecule has 3 rings (SSSR count). The molecule has 0 saturated carbocycles. The first-order chi connectivity index (χ1) is 14.0. The Balaban J connectivity index is 1.64. The molecule has 1 atom stereocenters. The molecular formula is C17H18BrN7O2S2. The number of hydrogen-bond acceptors (Lipinski definition) is 8.